The van der Waals surface area contributed by atoms with Gasteiger partial charge in [-0.3, -0.25) is 4.39 Å². The number of hydrogen-bond donors (Lipinski definition) is 0. The SMILES string of the molecule is C=C=CC(F)=CCCF. The van der Waals surface area contributed by atoms with Crippen molar-refractivity contribution < 1.29 is 8.78 Å². The molecule has 0 spiro atoms. The Kier molecular flexibility index (Phi) is 4.75. The Bertz CT molecular complexity index is 141. The molecule has 0 nitrogen and oxygen atoms in total. The van der Waals surface area contributed by atoms with Crippen LogP contribution in [0.3, 0.4) is 0 Å². The van der Waals surface area contributed by atoms with Gasteiger partial charge in [-0.2, -0.15) is 0 Å². The maximum absolute atomic E-state index is 12.1. The van der Waals surface area contributed by atoms with Crippen molar-refractivity contribution in [2.24, 2.45) is 0 Å². The average molecular weight is 130 g/mol. The van der Waals surface area contributed by atoms with E-state index in [0.29, 0.717) is 0 Å². The van der Waals surface area contributed by atoms with E-state index < -0.39 is 12.5 Å². The smallest absolute Gasteiger partial charge is 0.126 e. The number of hydrogen-bond acceptors (Lipinski definition) is 0. The molecule has 0 radical (unpaired) electrons. The Morgan fingerprint density at radius 1 is 1.67 bits per heavy atom. The predicted octanol–water partition coefficient (Wildman–Crippen LogP) is 2.54. The van der Waals surface area contributed by atoms with Gasteiger partial charge in [-0.25, -0.2) is 4.39 Å². The normalized spacial score (nSPS) is 10.7. The first-order valence-corrected chi connectivity index (χ1v) is 2.58. The molecule has 0 fully saturated rings. The van der Waals surface area contributed by atoms with Gasteiger partial charge in [-0.15, -0.1) is 5.73 Å². The van der Waals surface area contributed by atoms with Gasteiger partial charge in [-0.05, 0) is 12.5 Å². The molecular weight excluding hydrogens is 122 g/mol. The molecule has 0 rings (SSSR count). The van der Waals surface area contributed by atoms with Crippen molar-refractivity contribution in [2.45, 2.75) is 6.42 Å². The fourth-order valence-corrected chi connectivity index (χ4v) is 0.349. The molecule has 0 aromatic rings. The third-order valence-electron chi connectivity index (χ3n) is 0.688. The molecule has 0 aromatic carbocycles. The highest BCUT2D eigenvalue weighted by molar-refractivity contribution is 5.08. The van der Waals surface area contributed by atoms with Gasteiger partial charge in [0.1, 0.15) is 5.83 Å². The molecule has 9 heavy (non-hydrogen) atoms. The van der Waals surface area contributed by atoms with Crippen LogP contribution in [0.25, 0.3) is 0 Å². The zero-order chi connectivity index (χ0) is 7.11. The monoisotopic (exact) mass is 130 g/mol. The fourth-order valence-electron chi connectivity index (χ4n) is 0.349. The van der Waals surface area contributed by atoms with Crippen LogP contribution < -0.4 is 0 Å². The Labute approximate surface area is 53.2 Å². The second-order valence-electron chi connectivity index (χ2n) is 1.42. The van der Waals surface area contributed by atoms with Crippen LogP contribution in [0, 0.1) is 0 Å². The molecule has 0 saturated heterocycles. The Morgan fingerprint density at radius 3 is 2.78 bits per heavy atom. The molecule has 0 bridgehead atoms. The molecule has 50 valence electrons. The second kappa shape index (κ2) is 5.26. The van der Waals surface area contributed by atoms with E-state index in [4.69, 9.17) is 0 Å². The van der Waals surface area contributed by atoms with Gasteiger partial charge in [0.05, 0.1) is 6.67 Å². The standard InChI is InChI=1S/C7H8F2/c1-2-4-7(9)5-3-6-8/h4-5H,1,3,6H2. The number of halogens is 2. The summed E-state index contributed by atoms with van der Waals surface area (Å²) in [5.74, 6) is -0.484. The summed E-state index contributed by atoms with van der Waals surface area (Å²) < 4.78 is 23.5. The largest absolute Gasteiger partial charge is 0.251 e. The first kappa shape index (κ1) is 8.12. The van der Waals surface area contributed by atoms with Crippen molar-refractivity contribution in [3.05, 3.63) is 30.3 Å². The van der Waals surface area contributed by atoms with Crippen LogP contribution in [-0.2, 0) is 0 Å². The van der Waals surface area contributed by atoms with E-state index in [2.05, 4.69) is 12.3 Å². The average Bonchev–Trinajstić information content (AvgIpc) is 1.85. The maximum Gasteiger partial charge on any atom is 0.126 e. The van der Waals surface area contributed by atoms with E-state index in [9.17, 15) is 8.78 Å². The van der Waals surface area contributed by atoms with Gasteiger partial charge in [-0.1, -0.05) is 6.58 Å². The minimum absolute atomic E-state index is 0.115. The van der Waals surface area contributed by atoms with Crippen LogP contribution >= 0.6 is 0 Å². The fraction of sp³-hybridized carbons (Fsp3) is 0.286. The number of rotatable bonds is 3. The Hall–Kier alpha value is -0.880. The van der Waals surface area contributed by atoms with E-state index in [1.54, 1.807) is 0 Å². The quantitative estimate of drug-likeness (QED) is 0.406. The van der Waals surface area contributed by atoms with E-state index in [-0.39, 0.29) is 6.42 Å². The predicted molar refractivity (Wildman–Crippen MR) is 33.5 cm³/mol. The molecule has 0 amide bonds. The third-order valence-corrected chi connectivity index (χ3v) is 0.688. The highest BCUT2D eigenvalue weighted by Gasteiger charge is 1.83. The second-order valence-corrected chi connectivity index (χ2v) is 1.42. The highest BCUT2D eigenvalue weighted by atomic mass is 19.1. The first-order valence-electron chi connectivity index (χ1n) is 2.58. The minimum Gasteiger partial charge on any atom is -0.251 e. The zero-order valence-electron chi connectivity index (χ0n) is 5.03. The van der Waals surface area contributed by atoms with Crippen molar-refractivity contribution in [1.29, 1.82) is 0 Å². The van der Waals surface area contributed by atoms with Crippen LogP contribution in [0.5, 0.6) is 0 Å². The highest BCUT2D eigenvalue weighted by Crippen LogP contribution is 1.98. The molecule has 0 aliphatic rings. The molecule has 0 aromatic heterocycles. The molecule has 0 N–H and O–H groups in total. The molecular formula is C7H8F2. The van der Waals surface area contributed by atoms with Gasteiger partial charge < -0.3 is 0 Å². The van der Waals surface area contributed by atoms with E-state index in [1.165, 1.54) is 0 Å². The molecule has 0 saturated carbocycles. The van der Waals surface area contributed by atoms with Gasteiger partial charge in [0.2, 0.25) is 0 Å². The zero-order valence-corrected chi connectivity index (χ0v) is 5.03. The number of allylic oxidation sites excluding steroid dienone is 3. The summed E-state index contributed by atoms with van der Waals surface area (Å²) in [6, 6.07) is 0. The summed E-state index contributed by atoms with van der Waals surface area (Å²) in [5.41, 5.74) is 2.24. The summed E-state index contributed by atoms with van der Waals surface area (Å²) >= 11 is 0. The van der Waals surface area contributed by atoms with Gasteiger partial charge >= 0.3 is 0 Å². The molecule has 0 atom stereocenters. The minimum atomic E-state index is -0.529. The van der Waals surface area contributed by atoms with E-state index in [0.717, 1.165) is 12.2 Å². The lowest BCUT2D eigenvalue weighted by atomic mass is 10.4. The molecule has 0 heterocycles. The van der Waals surface area contributed by atoms with Crippen LogP contribution in [0.2, 0.25) is 0 Å². The summed E-state index contributed by atoms with van der Waals surface area (Å²) in [6.45, 7) is 2.62. The van der Waals surface area contributed by atoms with Crippen molar-refractivity contribution in [3.63, 3.8) is 0 Å². The lowest BCUT2D eigenvalue weighted by Gasteiger charge is -1.81. The van der Waals surface area contributed by atoms with Gasteiger partial charge in [0, 0.05) is 6.08 Å². The summed E-state index contributed by atoms with van der Waals surface area (Å²) in [7, 11) is 0. The summed E-state index contributed by atoms with van der Waals surface area (Å²) in [4.78, 5) is 0. The third kappa shape index (κ3) is 4.98. The summed E-state index contributed by atoms with van der Waals surface area (Å²) in [5, 5.41) is 0. The molecule has 0 unspecified atom stereocenters. The van der Waals surface area contributed by atoms with Gasteiger partial charge in [0.15, 0.2) is 0 Å². The van der Waals surface area contributed by atoms with E-state index >= 15 is 0 Å². The molecule has 2 heteroatoms. The lowest BCUT2D eigenvalue weighted by molar-refractivity contribution is 0.497. The molecule has 0 aliphatic carbocycles. The van der Waals surface area contributed by atoms with Gasteiger partial charge in [0.25, 0.3) is 0 Å². The topological polar surface area (TPSA) is 0 Å². The maximum atomic E-state index is 12.1. The van der Waals surface area contributed by atoms with Crippen LogP contribution in [0.1, 0.15) is 6.42 Å². The lowest BCUT2D eigenvalue weighted by Crippen LogP contribution is -1.70. The number of alkyl halides is 1. The van der Waals surface area contributed by atoms with Crippen molar-refractivity contribution in [1.82, 2.24) is 0 Å². The summed E-state index contributed by atoms with van der Waals surface area (Å²) in [6.07, 6.45) is 2.33. The van der Waals surface area contributed by atoms with Crippen LogP contribution in [0.15, 0.2) is 30.3 Å². The Morgan fingerprint density at radius 2 is 2.33 bits per heavy atom. The van der Waals surface area contributed by atoms with E-state index in [1.807, 2.05) is 0 Å². The van der Waals surface area contributed by atoms with Crippen molar-refractivity contribution >= 4 is 0 Å². The van der Waals surface area contributed by atoms with Crippen molar-refractivity contribution in [3.8, 4) is 0 Å². The Balaban J connectivity index is 3.69. The van der Waals surface area contributed by atoms with Crippen molar-refractivity contribution in [2.75, 3.05) is 6.67 Å². The van der Waals surface area contributed by atoms with Crippen LogP contribution in [-0.4, -0.2) is 6.67 Å². The first-order chi connectivity index (χ1) is 4.31. The van der Waals surface area contributed by atoms with Crippen LogP contribution in [0.4, 0.5) is 8.78 Å². The molecule has 0 aliphatic heterocycles.